The molecule has 110 valence electrons. The average Bonchev–Trinajstić information content (AvgIpc) is 2.45. The maximum atomic E-state index is 3.98. The minimum atomic E-state index is 0.244. The molecule has 0 fully saturated rings. The number of anilines is 2. The van der Waals surface area contributed by atoms with E-state index in [1.54, 1.807) is 0 Å². The lowest BCUT2D eigenvalue weighted by molar-refractivity contribution is 0.861. The van der Waals surface area contributed by atoms with E-state index in [0.29, 0.717) is 0 Å². The van der Waals surface area contributed by atoms with E-state index in [-0.39, 0.29) is 6.04 Å². The number of hydrogen-bond acceptors (Lipinski definition) is 1. The van der Waals surface area contributed by atoms with Crippen LogP contribution in [-0.4, -0.2) is 6.04 Å². The van der Waals surface area contributed by atoms with Gasteiger partial charge >= 0.3 is 0 Å². The lowest BCUT2D eigenvalue weighted by Gasteiger charge is -2.31. The predicted octanol–water partition coefficient (Wildman–Crippen LogP) is 5.63. The fraction of sp³-hybridized carbons (Fsp3) is 0.300. The van der Waals surface area contributed by atoms with Crippen molar-refractivity contribution in [1.29, 1.82) is 0 Å². The fourth-order valence-electron chi connectivity index (χ4n) is 2.65. The Balaban J connectivity index is 2.57. The van der Waals surface area contributed by atoms with Crippen LogP contribution in [0.15, 0.2) is 49.1 Å². The van der Waals surface area contributed by atoms with Gasteiger partial charge in [-0.15, -0.1) is 6.58 Å². The topological polar surface area (TPSA) is 3.24 Å². The van der Waals surface area contributed by atoms with Crippen molar-refractivity contribution in [2.24, 2.45) is 0 Å². The first-order valence-corrected chi connectivity index (χ1v) is 7.50. The van der Waals surface area contributed by atoms with Gasteiger partial charge in [0.1, 0.15) is 0 Å². The summed E-state index contributed by atoms with van der Waals surface area (Å²) < 4.78 is 0. The van der Waals surface area contributed by atoms with Gasteiger partial charge in [0.25, 0.3) is 0 Å². The van der Waals surface area contributed by atoms with Crippen molar-refractivity contribution in [1.82, 2.24) is 0 Å². The van der Waals surface area contributed by atoms with Crippen LogP contribution in [0.1, 0.15) is 29.2 Å². The number of hydrogen-bond donors (Lipinski definition) is 0. The van der Waals surface area contributed by atoms with Gasteiger partial charge < -0.3 is 4.90 Å². The Bertz CT molecular complexity index is 655. The van der Waals surface area contributed by atoms with Gasteiger partial charge in [0.05, 0.1) is 0 Å². The zero-order valence-electron chi connectivity index (χ0n) is 13.8. The van der Waals surface area contributed by atoms with Crippen molar-refractivity contribution in [3.8, 4) is 0 Å². The Hall–Kier alpha value is -2.02. The van der Waals surface area contributed by atoms with Crippen molar-refractivity contribution in [3.05, 3.63) is 71.3 Å². The molecule has 0 aliphatic heterocycles. The first kappa shape index (κ1) is 15.4. The molecule has 1 nitrogen and oxygen atoms in total. The van der Waals surface area contributed by atoms with Gasteiger partial charge in [0.2, 0.25) is 0 Å². The Morgan fingerprint density at radius 1 is 0.905 bits per heavy atom. The van der Waals surface area contributed by atoms with E-state index in [2.05, 4.69) is 82.5 Å². The molecule has 2 aromatic rings. The molecule has 0 bridgehead atoms. The quantitative estimate of drug-likeness (QED) is 0.655. The molecular weight excluding hydrogens is 254 g/mol. The molecule has 0 aliphatic rings. The number of nitrogens with zero attached hydrogens (tertiary/aromatic N) is 1. The molecule has 0 heterocycles. The van der Waals surface area contributed by atoms with E-state index < -0.39 is 0 Å². The molecule has 2 aromatic carbocycles. The summed E-state index contributed by atoms with van der Waals surface area (Å²) in [5.41, 5.74) is 7.70. The maximum Gasteiger partial charge on any atom is 0.0491 e. The van der Waals surface area contributed by atoms with Crippen LogP contribution in [0.3, 0.4) is 0 Å². The summed E-state index contributed by atoms with van der Waals surface area (Å²) in [7, 11) is 0. The van der Waals surface area contributed by atoms with Gasteiger partial charge in [0.15, 0.2) is 0 Å². The summed E-state index contributed by atoms with van der Waals surface area (Å²) in [5.74, 6) is 0. The summed E-state index contributed by atoms with van der Waals surface area (Å²) in [5, 5.41) is 0. The molecular formula is C20H25N. The van der Waals surface area contributed by atoms with Gasteiger partial charge in [-0.3, -0.25) is 0 Å². The van der Waals surface area contributed by atoms with Crippen molar-refractivity contribution in [2.75, 3.05) is 4.90 Å². The highest BCUT2D eigenvalue weighted by molar-refractivity contribution is 5.69. The van der Waals surface area contributed by atoms with E-state index in [0.717, 1.165) is 0 Å². The first-order valence-electron chi connectivity index (χ1n) is 7.50. The molecule has 0 radical (unpaired) electrons. The Morgan fingerprint density at radius 2 is 1.62 bits per heavy atom. The molecule has 0 spiro atoms. The van der Waals surface area contributed by atoms with E-state index in [1.807, 2.05) is 6.08 Å². The zero-order valence-corrected chi connectivity index (χ0v) is 13.8. The minimum absolute atomic E-state index is 0.244. The van der Waals surface area contributed by atoms with Gasteiger partial charge in [-0.25, -0.2) is 0 Å². The van der Waals surface area contributed by atoms with E-state index in [9.17, 15) is 0 Å². The summed E-state index contributed by atoms with van der Waals surface area (Å²) in [6, 6.07) is 13.5. The van der Waals surface area contributed by atoms with E-state index >= 15 is 0 Å². The lowest BCUT2D eigenvalue weighted by atomic mass is 10.0. The molecule has 0 aromatic heterocycles. The fourth-order valence-corrected chi connectivity index (χ4v) is 2.65. The molecule has 1 heteroatoms. The SMILES string of the molecule is C=C[C@@H](C)N(c1ccc(C)c(C)c1)c1ccc(C)cc1C. The van der Waals surface area contributed by atoms with Crippen LogP contribution in [0.25, 0.3) is 0 Å². The van der Waals surface area contributed by atoms with Crippen molar-refractivity contribution in [3.63, 3.8) is 0 Å². The minimum Gasteiger partial charge on any atom is -0.335 e. The second kappa shape index (κ2) is 6.17. The monoisotopic (exact) mass is 279 g/mol. The third kappa shape index (κ3) is 3.18. The summed E-state index contributed by atoms with van der Waals surface area (Å²) >= 11 is 0. The molecule has 0 saturated carbocycles. The molecule has 0 saturated heterocycles. The predicted molar refractivity (Wildman–Crippen MR) is 93.6 cm³/mol. The highest BCUT2D eigenvalue weighted by Gasteiger charge is 2.16. The van der Waals surface area contributed by atoms with Crippen LogP contribution in [0, 0.1) is 27.7 Å². The van der Waals surface area contributed by atoms with Crippen LogP contribution in [0.5, 0.6) is 0 Å². The van der Waals surface area contributed by atoms with Crippen LogP contribution in [-0.2, 0) is 0 Å². The van der Waals surface area contributed by atoms with Crippen LogP contribution in [0.2, 0.25) is 0 Å². The number of aryl methyl sites for hydroxylation is 4. The van der Waals surface area contributed by atoms with Crippen LogP contribution >= 0.6 is 0 Å². The number of rotatable bonds is 4. The zero-order chi connectivity index (χ0) is 15.6. The van der Waals surface area contributed by atoms with Crippen molar-refractivity contribution in [2.45, 2.75) is 40.7 Å². The highest BCUT2D eigenvalue weighted by Crippen LogP contribution is 2.32. The second-order valence-corrected chi connectivity index (χ2v) is 5.90. The largest absolute Gasteiger partial charge is 0.335 e. The van der Waals surface area contributed by atoms with Gasteiger partial charge in [-0.2, -0.15) is 0 Å². The Morgan fingerprint density at radius 3 is 2.19 bits per heavy atom. The summed E-state index contributed by atoms with van der Waals surface area (Å²) in [6.07, 6.45) is 1.99. The molecule has 1 atom stereocenters. The third-order valence-corrected chi connectivity index (χ3v) is 4.13. The summed E-state index contributed by atoms with van der Waals surface area (Å²) in [4.78, 5) is 2.36. The third-order valence-electron chi connectivity index (χ3n) is 4.13. The lowest BCUT2D eigenvalue weighted by Crippen LogP contribution is -2.27. The standard InChI is InChI=1S/C20H25N/c1-7-18(6)21(19-10-9-15(3)16(4)13-19)20-11-8-14(2)12-17(20)5/h7-13,18H,1H2,2-6H3/t18-/m1/s1. The van der Waals surface area contributed by atoms with Gasteiger partial charge in [0, 0.05) is 17.4 Å². The molecule has 0 amide bonds. The average molecular weight is 279 g/mol. The summed E-state index contributed by atoms with van der Waals surface area (Å²) in [6.45, 7) is 14.8. The molecule has 2 rings (SSSR count). The Labute approximate surface area is 128 Å². The maximum absolute atomic E-state index is 3.98. The van der Waals surface area contributed by atoms with Crippen molar-refractivity contribution >= 4 is 11.4 Å². The van der Waals surface area contributed by atoms with Gasteiger partial charge in [-0.05, 0) is 69.5 Å². The number of benzene rings is 2. The molecule has 0 unspecified atom stereocenters. The smallest absolute Gasteiger partial charge is 0.0491 e. The second-order valence-electron chi connectivity index (χ2n) is 5.90. The molecule has 0 aliphatic carbocycles. The molecule has 21 heavy (non-hydrogen) atoms. The highest BCUT2D eigenvalue weighted by atomic mass is 15.2. The van der Waals surface area contributed by atoms with E-state index in [1.165, 1.54) is 33.6 Å². The van der Waals surface area contributed by atoms with E-state index in [4.69, 9.17) is 0 Å². The normalized spacial score (nSPS) is 12.0. The first-order chi connectivity index (χ1) is 9.93. The van der Waals surface area contributed by atoms with Crippen LogP contribution in [0.4, 0.5) is 11.4 Å². The Kier molecular flexibility index (Phi) is 4.52. The molecule has 0 N–H and O–H groups in total. The van der Waals surface area contributed by atoms with Crippen LogP contribution < -0.4 is 4.90 Å². The van der Waals surface area contributed by atoms with Gasteiger partial charge in [-0.1, -0.05) is 29.8 Å². The van der Waals surface area contributed by atoms with Crippen molar-refractivity contribution < 1.29 is 0 Å².